The van der Waals surface area contributed by atoms with Gasteiger partial charge >= 0.3 is 176 Å². The van der Waals surface area contributed by atoms with Gasteiger partial charge in [-0.25, -0.2) is 0 Å². The van der Waals surface area contributed by atoms with Crippen molar-refractivity contribution in [1.82, 2.24) is 0 Å². The normalized spacial score (nSPS) is 22.0. The standard InChI is InChI=1S/C27H47P/c1-21(2)26-19-13-14-20-27(26)28(22(3)4,23(5)6,24-15-9-7-10-16-24)25-17-11-8-12-18-25/h13-14,19-25H,7-12,15-18H2,1-6H3. The van der Waals surface area contributed by atoms with Crippen molar-refractivity contribution in [2.75, 3.05) is 0 Å². The first kappa shape index (κ1) is 22.3. The van der Waals surface area contributed by atoms with E-state index in [2.05, 4.69) is 65.8 Å². The van der Waals surface area contributed by atoms with E-state index in [0.29, 0.717) is 5.92 Å². The van der Waals surface area contributed by atoms with E-state index in [4.69, 9.17) is 0 Å². The van der Waals surface area contributed by atoms with Crippen molar-refractivity contribution < 1.29 is 0 Å². The number of benzene rings is 1. The molecule has 0 unspecified atom stereocenters. The minimum absolute atomic E-state index is 0.627. The monoisotopic (exact) mass is 402 g/mol. The van der Waals surface area contributed by atoms with Crippen molar-refractivity contribution in [3.05, 3.63) is 29.8 Å². The first-order valence-corrected chi connectivity index (χ1v) is 15.0. The van der Waals surface area contributed by atoms with Crippen molar-refractivity contribution in [2.24, 2.45) is 0 Å². The van der Waals surface area contributed by atoms with E-state index in [-0.39, 0.29) is 0 Å². The molecule has 0 heterocycles. The molecule has 2 aliphatic carbocycles. The maximum atomic E-state index is 2.65. The number of hydrogen-bond acceptors (Lipinski definition) is 0. The molecule has 3 rings (SSSR count). The van der Waals surface area contributed by atoms with Gasteiger partial charge in [0.05, 0.1) is 0 Å². The summed E-state index contributed by atoms with van der Waals surface area (Å²) in [6, 6.07) is 9.83. The molecular formula is C27H47P. The molecule has 2 fully saturated rings. The second-order valence-electron chi connectivity index (χ2n) is 10.9. The maximum absolute atomic E-state index is 2.65. The van der Waals surface area contributed by atoms with Crippen LogP contribution in [-0.2, 0) is 0 Å². The fraction of sp³-hybridized carbons (Fsp3) is 0.778. The Bertz CT molecular complexity index is 599. The van der Waals surface area contributed by atoms with Gasteiger partial charge in [0.1, 0.15) is 0 Å². The Balaban J connectivity index is 2.39. The molecule has 0 aromatic heterocycles. The summed E-state index contributed by atoms with van der Waals surface area (Å²) in [5.74, 6) is 0.627. The van der Waals surface area contributed by atoms with Crippen LogP contribution in [0, 0.1) is 0 Å². The molecule has 0 saturated heterocycles. The molecular weight excluding hydrogens is 355 g/mol. The summed E-state index contributed by atoms with van der Waals surface area (Å²) in [6.07, 6.45) is 14.8. The second kappa shape index (κ2) is 8.79. The van der Waals surface area contributed by atoms with E-state index in [1.165, 1.54) is 64.2 Å². The molecule has 28 heavy (non-hydrogen) atoms. The molecule has 0 radical (unpaired) electrons. The molecule has 0 aliphatic heterocycles. The summed E-state index contributed by atoms with van der Waals surface area (Å²) >= 11 is 0. The zero-order valence-corrected chi connectivity index (χ0v) is 20.6. The Morgan fingerprint density at radius 3 is 1.46 bits per heavy atom. The fourth-order valence-corrected chi connectivity index (χ4v) is 19.7. The Kier molecular flexibility index (Phi) is 7.02. The van der Waals surface area contributed by atoms with Crippen LogP contribution in [0.3, 0.4) is 0 Å². The van der Waals surface area contributed by atoms with E-state index in [9.17, 15) is 0 Å². The zero-order chi connectivity index (χ0) is 20.4. The molecule has 0 N–H and O–H groups in total. The number of rotatable bonds is 6. The Hall–Kier alpha value is -0.350. The Morgan fingerprint density at radius 1 is 0.643 bits per heavy atom. The molecule has 2 aliphatic rings. The van der Waals surface area contributed by atoms with Crippen molar-refractivity contribution in [3.8, 4) is 0 Å². The van der Waals surface area contributed by atoms with E-state index in [1.807, 2.05) is 5.30 Å². The summed E-state index contributed by atoms with van der Waals surface area (Å²) in [5, 5.41) is 1.88. The summed E-state index contributed by atoms with van der Waals surface area (Å²) < 4.78 is 0. The van der Waals surface area contributed by atoms with Crippen LogP contribution >= 0.6 is 6.60 Å². The average molecular weight is 403 g/mol. The van der Waals surface area contributed by atoms with Gasteiger partial charge in [0, 0.05) is 0 Å². The van der Waals surface area contributed by atoms with Crippen LogP contribution in [0.1, 0.15) is 117 Å². The molecule has 1 aromatic carbocycles. The molecule has 0 atom stereocenters. The topological polar surface area (TPSA) is 0 Å². The molecule has 2 saturated carbocycles. The first-order valence-electron chi connectivity index (χ1n) is 12.5. The van der Waals surface area contributed by atoms with Crippen molar-refractivity contribution in [3.63, 3.8) is 0 Å². The molecule has 160 valence electrons. The van der Waals surface area contributed by atoms with E-state index < -0.39 is 6.60 Å². The van der Waals surface area contributed by atoms with E-state index >= 15 is 0 Å². The van der Waals surface area contributed by atoms with Crippen LogP contribution < -0.4 is 5.30 Å². The Labute approximate surface area is 176 Å². The summed E-state index contributed by atoms with van der Waals surface area (Å²) in [6.45, 7) is 13.3. The SMILES string of the molecule is CC(C)c1ccccc1P(C(C)C)(C(C)C)(C1CCCCC1)C1CCCCC1. The van der Waals surface area contributed by atoms with Gasteiger partial charge in [-0.3, -0.25) is 0 Å². The van der Waals surface area contributed by atoms with Gasteiger partial charge in [0.25, 0.3) is 0 Å². The van der Waals surface area contributed by atoms with Gasteiger partial charge in [-0.15, -0.1) is 0 Å². The molecule has 1 heteroatoms. The van der Waals surface area contributed by atoms with Gasteiger partial charge in [-0.1, -0.05) is 0 Å². The third-order valence-electron chi connectivity index (χ3n) is 9.20. The van der Waals surface area contributed by atoms with Crippen LogP contribution in [0.25, 0.3) is 0 Å². The van der Waals surface area contributed by atoms with Crippen LogP contribution in [0.2, 0.25) is 0 Å². The van der Waals surface area contributed by atoms with Crippen molar-refractivity contribution >= 4 is 11.9 Å². The molecule has 0 nitrogen and oxygen atoms in total. The van der Waals surface area contributed by atoms with Gasteiger partial charge in [-0.2, -0.15) is 0 Å². The van der Waals surface area contributed by atoms with Gasteiger partial charge < -0.3 is 0 Å². The molecule has 0 amide bonds. The summed E-state index contributed by atoms with van der Waals surface area (Å²) in [7, 11) is 0. The van der Waals surface area contributed by atoms with Crippen LogP contribution in [0.15, 0.2) is 24.3 Å². The molecule has 0 bridgehead atoms. The quantitative estimate of drug-likeness (QED) is 0.418. The van der Waals surface area contributed by atoms with Crippen LogP contribution in [-0.4, -0.2) is 22.6 Å². The van der Waals surface area contributed by atoms with Gasteiger partial charge in [-0.05, 0) is 0 Å². The minimum atomic E-state index is -2.20. The zero-order valence-electron chi connectivity index (χ0n) is 19.7. The van der Waals surface area contributed by atoms with Crippen LogP contribution in [0.4, 0.5) is 0 Å². The molecule has 0 spiro atoms. The molecule has 1 aromatic rings. The van der Waals surface area contributed by atoms with E-state index in [1.54, 1.807) is 5.56 Å². The van der Waals surface area contributed by atoms with Gasteiger partial charge in [0.15, 0.2) is 0 Å². The first-order chi connectivity index (χ1) is 13.4. The van der Waals surface area contributed by atoms with Crippen LogP contribution in [0.5, 0.6) is 0 Å². The van der Waals surface area contributed by atoms with Crippen molar-refractivity contribution in [1.29, 1.82) is 0 Å². The van der Waals surface area contributed by atoms with Crippen molar-refractivity contribution in [2.45, 2.75) is 134 Å². The van der Waals surface area contributed by atoms with Gasteiger partial charge in [0.2, 0.25) is 0 Å². The summed E-state index contributed by atoms with van der Waals surface area (Å²) in [5.41, 5.74) is 5.22. The summed E-state index contributed by atoms with van der Waals surface area (Å²) in [4.78, 5) is 0. The second-order valence-corrected chi connectivity index (χ2v) is 17.7. The predicted octanol–water partition coefficient (Wildman–Crippen LogP) is 8.47. The Morgan fingerprint density at radius 2 is 1.07 bits per heavy atom. The van der Waals surface area contributed by atoms with E-state index in [0.717, 1.165) is 22.6 Å². The average Bonchev–Trinajstić information content (AvgIpc) is 2.70. The predicted molar refractivity (Wildman–Crippen MR) is 131 cm³/mol. The third kappa shape index (κ3) is 3.12. The third-order valence-corrected chi connectivity index (χ3v) is 19.6. The number of hydrogen-bond donors (Lipinski definition) is 0. The fourth-order valence-electron chi connectivity index (χ4n) is 8.29.